The predicted octanol–water partition coefficient (Wildman–Crippen LogP) is 2.80. The van der Waals surface area contributed by atoms with Crippen LogP contribution in [0.4, 0.5) is 0 Å². The van der Waals surface area contributed by atoms with E-state index in [1.807, 2.05) is 0 Å². The Morgan fingerprint density at radius 1 is 1.29 bits per heavy atom. The van der Waals surface area contributed by atoms with Crippen molar-refractivity contribution in [3.05, 3.63) is 35.4 Å². The number of nitrogens with one attached hydrogen (secondary N) is 1. The summed E-state index contributed by atoms with van der Waals surface area (Å²) in [6.45, 7) is 6.32. The number of aryl methyl sites for hydroxylation is 1. The van der Waals surface area contributed by atoms with Gasteiger partial charge in [-0.3, -0.25) is 9.63 Å². The van der Waals surface area contributed by atoms with Crippen LogP contribution in [0, 0.1) is 12.8 Å². The van der Waals surface area contributed by atoms with Crippen molar-refractivity contribution in [1.29, 1.82) is 0 Å². The third kappa shape index (κ3) is 4.19. The van der Waals surface area contributed by atoms with Gasteiger partial charge in [-0.05, 0) is 24.3 Å². The number of hydroxylamine groups is 1. The Hall–Kier alpha value is -1.35. The van der Waals surface area contributed by atoms with E-state index in [9.17, 15) is 4.79 Å². The smallest absolute Gasteiger partial charge is 0.244 e. The molecule has 17 heavy (non-hydrogen) atoms. The van der Waals surface area contributed by atoms with Crippen molar-refractivity contribution in [3.63, 3.8) is 0 Å². The molecule has 0 aliphatic rings. The zero-order valence-corrected chi connectivity index (χ0v) is 11.0. The number of carbonyl (C=O) groups excluding carboxylic acids is 1. The van der Waals surface area contributed by atoms with Crippen molar-refractivity contribution >= 4 is 5.91 Å². The highest BCUT2D eigenvalue weighted by Gasteiger charge is 2.19. The Balaban J connectivity index is 2.79. The minimum Gasteiger partial charge on any atom is -0.277 e. The maximum absolute atomic E-state index is 11.6. The Kier molecular flexibility index (Phi) is 5.16. The highest BCUT2D eigenvalue weighted by molar-refractivity contribution is 5.75. The lowest BCUT2D eigenvalue weighted by atomic mass is 9.85. The van der Waals surface area contributed by atoms with E-state index in [0.29, 0.717) is 12.3 Å². The molecule has 3 nitrogen and oxygen atoms in total. The van der Waals surface area contributed by atoms with Gasteiger partial charge in [0.05, 0.1) is 7.11 Å². The lowest BCUT2D eigenvalue weighted by Crippen LogP contribution is -2.25. The molecule has 1 rings (SSSR count). The van der Waals surface area contributed by atoms with Crippen molar-refractivity contribution in [2.24, 2.45) is 5.92 Å². The van der Waals surface area contributed by atoms with Gasteiger partial charge in [-0.15, -0.1) is 0 Å². The first kappa shape index (κ1) is 13.7. The van der Waals surface area contributed by atoms with Crippen molar-refractivity contribution < 1.29 is 9.63 Å². The van der Waals surface area contributed by atoms with Gasteiger partial charge in [0.1, 0.15) is 0 Å². The van der Waals surface area contributed by atoms with Crippen LogP contribution in [0.2, 0.25) is 0 Å². The molecule has 0 heterocycles. The normalized spacial score (nSPS) is 12.5. The Bertz CT molecular complexity index is 357. The fourth-order valence-electron chi connectivity index (χ4n) is 1.91. The lowest BCUT2D eigenvalue weighted by molar-refractivity contribution is -0.131. The van der Waals surface area contributed by atoms with E-state index in [0.717, 1.165) is 0 Å². The van der Waals surface area contributed by atoms with Gasteiger partial charge >= 0.3 is 0 Å². The molecule has 0 fully saturated rings. The molecule has 0 aliphatic heterocycles. The number of carbonyl (C=O) groups is 1. The average molecular weight is 235 g/mol. The Labute approximate surface area is 103 Å². The third-order valence-corrected chi connectivity index (χ3v) is 2.93. The van der Waals surface area contributed by atoms with Gasteiger partial charge in [0.25, 0.3) is 0 Å². The summed E-state index contributed by atoms with van der Waals surface area (Å²) >= 11 is 0. The molecule has 1 aromatic carbocycles. The maximum atomic E-state index is 11.6. The van der Waals surface area contributed by atoms with Crippen LogP contribution >= 0.6 is 0 Å². The third-order valence-electron chi connectivity index (χ3n) is 2.93. The molecule has 0 bridgehead atoms. The molecule has 0 aromatic heterocycles. The van der Waals surface area contributed by atoms with Crippen molar-refractivity contribution in [1.82, 2.24) is 5.48 Å². The summed E-state index contributed by atoms with van der Waals surface area (Å²) in [4.78, 5) is 16.2. The zero-order chi connectivity index (χ0) is 12.8. The van der Waals surface area contributed by atoms with Crippen molar-refractivity contribution in [2.45, 2.75) is 33.1 Å². The van der Waals surface area contributed by atoms with E-state index in [1.165, 1.54) is 18.2 Å². The van der Waals surface area contributed by atoms with E-state index in [4.69, 9.17) is 0 Å². The van der Waals surface area contributed by atoms with E-state index >= 15 is 0 Å². The second kappa shape index (κ2) is 6.40. The number of hydrogen-bond donors (Lipinski definition) is 1. The van der Waals surface area contributed by atoms with Crippen LogP contribution in [0.15, 0.2) is 24.3 Å². The van der Waals surface area contributed by atoms with Gasteiger partial charge in [0, 0.05) is 6.42 Å². The first-order valence-electron chi connectivity index (χ1n) is 5.93. The first-order valence-corrected chi connectivity index (χ1v) is 5.93. The maximum Gasteiger partial charge on any atom is 0.244 e. The first-order chi connectivity index (χ1) is 8.04. The van der Waals surface area contributed by atoms with Crippen LogP contribution in [0.3, 0.4) is 0 Å². The van der Waals surface area contributed by atoms with Crippen LogP contribution in [0.1, 0.15) is 37.3 Å². The fraction of sp³-hybridized carbons (Fsp3) is 0.500. The number of benzene rings is 1. The second-order valence-corrected chi connectivity index (χ2v) is 4.69. The molecule has 1 aromatic rings. The second-order valence-electron chi connectivity index (χ2n) is 4.69. The monoisotopic (exact) mass is 235 g/mol. The number of rotatable bonds is 5. The summed E-state index contributed by atoms with van der Waals surface area (Å²) in [5.74, 6) is 0.567. The van der Waals surface area contributed by atoms with Crippen molar-refractivity contribution in [3.8, 4) is 0 Å². The Morgan fingerprint density at radius 2 is 1.88 bits per heavy atom. The average Bonchev–Trinajstić information content (AvgIpc) is 2.27. The largest absolute Gasteiger partial charge is 0.277 e. The van der Waals surface area contributed by atoms with Gasteiger partial charge < -0.3 is 0 Å². The standard InChI is InChI=1S/C14H21NO2/c1-10(2)13(9-14(16)15-17-4)12-7-5-11(3)6-8-12/h5-8,10,13H,9H2,1-4H3,(H,15,16). The lowest BCUT2D eigenvalue weighted by Gasteiger charge is -2.20. The van der Waals surface area contributed by atoms with Crippen molar-refractivity contribution in [2.75, 3.05) is 7.11 Å². The summed E-state index contributed by atoms with van der Waals surface area (Å²) in [6, 6.07) is 8.36. The van der Waals surface area contributed by atoms with Gasteiger partial charge in [0.2, 0.25) is 5.91 Å². The number of hydrogen-bond acceptors (Lipinski definition) is 2. The van der Waals surface area contributed by atoms with Crippen LogP contribution in [0.25, 0.3) is 0 Å². The predicted molar refractivity (Wildman–Crippen MR) is 68.5 cm³/mol. The van der Waals surface area contributed by atoms with Crippen LogP contribution in [-0.2, 0) is 9.63 Å². The molecule has 1 atom stereocenters. The SMILES string of the molecule is CONC(=O)CC(c1ccc(C)cc1)C(C)C. The van der Waals surface area contributed by atoms with E-state index in [-0.39, 0.29) is 11.8 Å². The molecule has 3 heteroatoms. The highest BCUT2D eigenvalue weighted by atomic mass is 16.6. The molecular formula is C14H21NO2. The summed E-state index contributed by atoms with van der Waals surface area (Å²) in [5, 5.41) is 0. The zero-order valence-electron chi connectivity index (χ0n) is 11.0. The summed E-state index contributed by atoms with van der Waals surface area (Å²) < 4.78 is 0. The molecule has 1 unspecified atom stereocenters. The van der Waals surface area contributed by atoms with E-state index in [2.05, 4.69) is 55.4 Å². The molecule has 0 radical (unpaired) electrons. The Morgan fingerprint density at radius 3 is 2.35 bits per heavy atom. The van der Waals surface area contributed by atoms with Gasteiger partial charge in [-0.2, -0.15) is 0 Å². The van der Waals surface area contributed by atoms with Gasteiger partial charge in [-0.25, -0.2) is 5.48 Å². The molecule has 0 saturated heterocycles. The van der Waals surface area contributed by atoms with Gasteiger partial charge in [0.15, 0.2) is 0 Å². The highest BCUT2D eigenvalue weighted by Crippen LogP contribution is 2.27. The number of amides is 1. The van der Waals surface area contributed by atoms with Crippen LogP contribution in [0.5, 0.6) is 0 Å². The van der Waals surface area contributed by atoms with Gasteiger partial charge in [-0.1, -0.05) is 43.7 Å². The molecule has 94 valence electrons. The van der Waals surface area contributed by atoms with E-state index < -0.39 is 0 Å². The summed E-state index contributed by atoms with van der Waals surface area (Å²) in [5.41, 5.74) is 4.81. The molecule has 1 amide bonds. The summed E-state index contributed by atoms with van der Waals surface area (Å²) in [7, 11) is 1.45. The van der Waals surface area contributed by atoms with Crippen LogP contribution < -0.4 is 5.48 Å². The molecule has 0 aliphatic carbocycles. The van der Waals surface area contributed by atoms with E-state index in [1.54, 1.807) is 0 Å². The van der Waals surface area contributed by atoms with Crippen LogP contribution in [-0.4, -0.2) is 13.0 Å². The topological polar surface area (TPSA) is 38.3 Å². The molecule has 0 saturated carbocycles. The fourth-order valence-corrected chi connectivity index (χ4v) is 1.91. The molecule has 1 N–H and O–H groups in total. The minimum absolute atomic E-state index is 0.0771. The molecule has 0 spiro atoms. The minimum atomic E-state index is -0.0771. The summed E-state index contributed by atoms with van der Waals surface area (Å²) in [6.07, 6.45) is 0.453. The molecular weight excluding hydrogens is 214 g/mol. The quantitative estimate of drug-likeness (QED) is 0.797.